The standard InChI is InChI=1S/C7H2ClF3INO/c8-5(14)4-2(6(9)10)1-3(12)7(11)13-4/h1,6H. The van der Waals surface area contributed by atoms with Gasteiger partial charge in [0.15, 0.2) is 0 Å². The largest absolute Gasteiger partial charge is 0.274 e. The van der Waals surface area contributed by atoms with E-state index in [4.69, 9.17) is 11.6 Å². The van der Waals surface area contributed by atoms with E-state index in [9.17, 15) is 18.0 Å². The Morgan fingerprint density at radius 2 is 2.14 bits per heavy atom. The van der Waals surface area contributed by atoms with Crippen molar-refractivity contribution in [1.29, 1.82) is 0 Å². The van der Waals surface area contributed by atoms with Gasteiger partial charge in [-0.1, -0.05) is 0 Å². The molecule has 0 amide bonds. The van der Waals surface area contributed by atoms with E-state index < -0.39 is 28.9 Å². The van der Waals surface area contributed by atoms with E-state index in [0.717, 1.165) is 6.07 Å². The van der Waals surface area contributed by atoms with Crippen molar-refractivity contribution in [1.82, 2.24) is 4.98 Å². The first kappa shape index (κ1) is 11.7. The normalized spacial score (nSPS) is 10.7. The molecule has 7 heteroatoms. The fourth-order valence-electron chi connectivity index (χ4n) is 0.804. The summed E-state index contributed by atoms with van der Waals surface area (Å²) in [6.07, 6.45) is -2.91. The van der Waals surface area contributed by atoms with Crippen LogP contribution in [0.4, 0.5) is 13.2 Å². The Morgan fingerprint density at radius 1 is 1.57 bits per heavy atom. The fourth-order valence-corrected chi connectivity index (χ4v) is 1.41. The van der Waals surface area contributed by atoms with Crippen LogP contribution in [0, 0.1) is 9.52 Å². The predicted molar refractivity (Wildman–Crippen MR) is 52.1 cm³/mol. The lowest BCUT2D eigenvalue weighted by atomic mass is 10.2. The zero-order chi connectivity index (χ0) is 10.9. The minimum atomic E-state index is -2.91. The van der Waals surface area contributed by atoms with E-state index in [2.05, 4.69) is 4.98 Å². The molecule has 0 bridgehead atoms. The number of carbonyl (C=O) groups is 1. The number of nitrogens with zero attached hydrogens (tertiary/aromatic N) is 1. The first-order valence-electron chi connectivity index (χ1n) is 3.27. The molecule has 0 saturated carbocycles. The second-order valence-corrected chi connectivity index (χ2v) is 3.78. The van der Waals surface area contributed by atoms with Crippen LogP contribution in [0.3, 0.4) is 0 Å². The molecular formula is C7H2ClF3INO. The monoisotopic (exact) mass is 335 g/mol. The lowest BCUT2D eigenvalue weighted by molar-refractivity contribution is 0.105. The minimum absolute atomic E-state index is 0.0837. The van der Waals surface area contributed by atoms with Gasteiger partial charge in [-0.05, 0) is 40.3 Å². The van der Waals surface area contributed by atoms with Crippen molar-refractivity contribution >= 4 is 39.4 Å². The summed E-state index contributed by atoms with van der Waals surface area (Å²) in [4.78, 5) is 13.7. The fraction of sp³-hybridized carbons (Fsp3) is 0.143. The molecule has 76 valence electrons. The van der Waals surface area contributed by atoms with E-state index in [-0.39, 0.29) is 3.57 Å². The van der Waals surface area contributed by atoms with Gasteiger partial charge in [0.25, 0.3) is 11.7 Å². The topological polar surface area (TPSA) is 30.0 Å². The Kier molecular flexibility index (Phi) is 3.71. The third-order valence-corrected chi connectivity index (χ3v) is 2.32. The molecule has 0 unspecified atom stereocenters. The van der Waals surface area contributed by atoms with Crippen LogP contribution in [0.25, 0.3) is 0 Å². The molecule has 0 N–H and O–H groups in total. The third kappa shape index (κ3) is 2.35. The number of rotatable bonds is 2. The maximum absolute atomic E-state index is 12.8. The summed E-state index contributed by atoms with van der Waals surface area (Å²) >= 11 is 6.47. The molecule has 0 aliphatic carbocycles. The van der Waals surface area contributed by atoms with Crippen LogP contribution in [0.2, 0.25) is 0 Å². The van der Waals surface area contributed by atoms with Gasteiger partial charge in [-0.25, -0.2) is 13.8 Å². The van der Waals surface area contributed by atoms with Gasteiger partial charge in [0.2, 0.25) is 5.95 Å². The predicted octanol–water partition coefficient (Wildman–Crippen LogP) is 3.14. The first-order chi connectivity index (χ1) is 6.43. The van der Waals surface area contributed by atoms with Crippen molar-refractivity contribution in [2.45, 2.75) is 6.43 Å². The number of alkyl halides is 2. The highest BCUT2D eigenvalue weighted by atomic mass is 127. The summed E-state index contributed by atoms with van der Waals surface area (Å²) in [6, 6.07) is 0.850. The van der Waals surface area contributed by atoms with E-state index in [0.29, 0.717) is 0 Å². The second-order valence-electron chi connectivity index (χ2n) is 2.27. The molecule has 2 nitrogen and oxygen atoms in total. The average Bonchev–Trinajstić information content (AvgIpc) is 2.08. The van der Waals surface area contributed by atoms with Crippen LogP contribution in [-0.2, 0) is 0 Å². The molecule has 0 saturated heterocycles. The van der Waals surface area contributed by atoms with Gasteiger partial charge in [-0.15, -0.1) is 0 Å². The van der Waals surface area contributed by atoms with Crippen molar-refractivity contribution in [3.05, 3.63) is 26.8 Å². The number of hydrogen-bond acceptors (Lipinski definition) is 2. The van der Waals surface area contributed by atoms with Crippen molar-refractivity contribution in [3.8, 4) is 0 Å². The lowest BCUT2D eigenvalue weighted by Gasteiger charge is -2.04. The molecule has 0 aromatic carbocycles. The Bertz CT molecular complexity index is 385. The van der Waals surface area contributed by atoms with E-state index in [1.807, 2.05) is 0 Å². The number of pyridine rings is 1. The van der Waals surface area contributed by atoms with Crippen molar-refractivity contribution in [2.24, 2.45) is 0 Å². The van der Waals surface area contributed by atoms with Gasteiger partial charge in [0, 0.05) is 5.56 Å². The molecule has 14 heavy (non-hydrogen) atoms. The molecule has 0 spiro atoms. The first-order valence-corrected chi connectivity index (χ1v) is 4.73. The molecule has 0 radical (unpaired) electrons. The van der Waals surface area contributed by atoms with Gasteiger partial charge in [0.05, 0.1) is 3.57 Å². The summed E-state index contributed by atoms with van der Waals surface area (Å²) in [5, 5.41) is -1.20. The van der Waals surface area contributed by atoms with Crippen molar-refractivity contribution in [3.63, 3.8) is 0 Å². The van der Waals surface area contributed by atoms with Gasteiger partial charge in [-0.2, -0.15) is 4.39 Å². The summed E-state index contributed by atoms with van der Waals surface area (Å²) in [7, 11) is 0. The SMILES string of the molecule is O=C(Cl)c1nc(F)c(I)cc1C(F)F. The molecule has 1 aromatic heterocycles. The Balaban J connectivity index is 3.39. The minimum Gasteiger partial charge on any atom is -0.274 e. The average molecular weight is 335 g/mol. The Morgan fingerprint density at radius 3 is 2.57 bits per heavy atom. The number of hydrogen-bond donors (Lipinski definition) is 0. The zero-order valence-electron chi connectivity index (χ0n) is 6.40. The van der Waals surface area contributed by atoms with E-state index in [1.54, 1.807) is 0 Å². The Labute approximate surface area is 95.6 Å². The van der Waals surface area contributed by atoms with E-state index >= 15 is 0 Å². The molecule has 0 atom stereocenters. The van der Waals surface area contributed by atoms with Crippen molar-refractivity contribution < 1.29 is 18.0 Å². The number of carbonyl (C=O) groups excluding carboxylic acids is 1. The molecular weight excluding hydrogens is 333 g/mol. The van der Waals surface area contributed by atoms with E-state index in [1.165, 1.54) is 22.6 Å². The van der Waals surface area contributed by atoms with Crippen LogP contribution in [0.1, 0.15) is 22.5 Å². The molecule has 0 aliphatic rings. The summed E-state index contributed by atoms with van der Waals surface area (Å²) < 4.78 is 37.4. The number of aromatic nitrogens is 1. The third-order valence-electron chi connectivity index (χ3n) is 1.38. The smallest absolute Gasteiger partial charge is 0.271 e. The van der Waals surface area contributed by atoms with Gasteiger partial charge in [-0.3, -0.25) is 4.79 Å². The van der Waals surface area contributed by atoms with Crippen LogP contribution < -0.4 is 0 Å². The van der Waals surface area contributed by atoms with Gasteiger partial charge >= 0.3 is 0 Å². The number of halogens is 5. The van der Waals surface area contributed by atoms with Crippen LogP contribution in [0.5, 0.6) is 0 Å². The Hall–Kier alpha value is -0.370. The van der Waals surface area contributed by atoms with Gasteiger partial charge in [0.1, 0.15) is 5.69 Å². The highest BCUT2D eigenvalue weighted by Crippen LogP contribution is 2.25. The summed E-state index contributed by atoms with van der Waals surface area (Å²) in [6.45, 7) is 0. The molecule has 0 fully saturated rings. The molecule has 0 aliphatic heterocycles. The maximum Gasteiger partial charge on any atom is 0.271 e. The second kappa shape index (κ2) is 4.43. The molecule has 1 rings (SSSR count). The van der Waals surface area contributed by atoms with Crippen LogP contribution in [-0.4, -0.2) is 10.2 Å². The zero-order valence-corrected chi connectivity index (χ0v) is 9.31. The van der Waals surface area contributed by atoms with Crippen LogP contribution >= 0.6 is 34.2 Å². The lowest BCUT2D eigenvalue weighted by Crippen LogP contribution is -2.05. The summed E-state index contributed by atoms with van der Waals surface area (Å²) in [5.74, 6) is -0.987. The van der Waals surface area contributed by atoms with Gasteiger partial charge < -0.3 is 0 Å². The maximum atomic E-state index is 12.8. The quantitative estimate of drug-likeness (QED) is 0.472. The van der Waals surface area contributed by atoms with Crippen LogP contribution in [0.15, 0.2) is 6.07 Å². The van der Waals surface area contributed by atoms with Crippen molar-refractivity contribution in [2.75, 3.05) is 0 Å². The molecule has 1 aromatic rings. The summed E-state index contributed by atoms with van der Waals surface area (Å²) in [5.41, 5.74) is -1.39. The molecule has 1 heterocycles. The highest BCUT2D eigenvalue weighted by Gasteiger charge is 2.21. The highest BCUT2D eigenvalue weighted by molar-refractivity contribution is 14.1.